The molecule has 0 aliphatic carbocycles. The first-order chi connectivity index (χ1) is 8.79. The molecule has 94 valence electrons. The minimum Gasteiger partial charge on any atom is -0.457 e. The van der Waals surface area contributed by atoms with Gasteiger partial charge in [0.25, 0.3) is 0 Å². The van der Waals surface area contributed by atoms with E-state index in [9.17, 15) is 5.11 Å². The molecule has 0 fully saturated rings. The van der Waals surface area contributed by atoms with Gasteiger partial charge in [0, 0.05) is 0 Å². The van der Waals surface area contributed by atoms with E-state index in [-0.39, 0.29) is 0 Å². The molecule has 1 atom stereocenters. The molecule has 0 amide bonds. The second kappa shape index (κ2) is 6.19. The van der Waals surface area contributed by atoms with E-state index >= 15 is 0 Å². The number of rotatable bonds is 5. The molecule has 3 heteroatoms. The molecule has 0 aliphatic rings. The Morgan fingerprint density at radius 2 is 1.56 bits per heavy atom. The number of aliphatic hydroxyl groups is 1. The number of aliphatic hydroxyl groups excluding tert-OH is 1. The highest BCUT2D eigenvalue weighted by Crippen LogP contribution is 2.23. The van der Waals surface area contributed by atoms with Crippen LogP contribution in [0.5, 0.6) is 11.5 Å². The molecule has 0 saturated carbocycles. The summed E-state index contributed by atoms with van der Waals surface area (Å²) < 4.78 is 5.67. The van der Waals surface area contributed by atoms with Crippen LogP contribution in [0.1, 0.15) is 18.1 Å². The Kier molecular flexibility index (Phi) is 4.34. The van der Waals surface area contributed by atoms with Crippen LogP contribution in [0, 0.1) is 0 Å². The summed E-state index contributed by atoms with van der Waals surface area (Å²) in [6, 6.07) is 17.0. The zero-order chi connectivity index (χ0) is 12.8. The maximum absolute atomic E-state index is 9.78. The summed E-state index contributed by atoms with van der Waals surface area (Å²) in [4.78, 5) is 0. The first-order valence-electron chi connectivity index (χ1n) is 6.00. The minimum atomic E-state index is -0.499. The van der Waals surface area contributed by atoms with Crippen molar-refractivity contribution in [3.63, 3.8) is 0 Å². The van der Waals surface area contributed by atoms with Gasteiger partial charge in [-0.2, -0.15) is 0 Å². The second-order valence-electron chi connectivity index (χ2n) is 4.08. The zero-order valence-electron chi connectivity index (χ0n) is 10.1. The van der Waals surface area contributed by atoms with Gasteiger partial charge in [-0.05, 0) is 42.8 Å². The third kappa shape index (κ3) is 3.32. The van der Waals surface area contributed by atoms with Crippen molar-refractivity contribution in [3.05, 3.63) is 60.2 Å². The lowest BCUT2D eigenvalue weighted by molar-refractivity contribution is 0.170. The van der Waals surface area contributed by atoms with Gasteiger partial charge in [-0.3, -0.25) is 0 Å². The Bertz CT molecular complexity index is 468. The molecule has 2 aromatic carbocycles. The predicted molar refractivity (Wildman–Crippen MR) is 71.6 cm³/mol. The number of ether oxygens (including phenoxy) is 1. The van der Waals surface area contributed by atoms with Crippen LogP contribution in [0.15, 0.2) is 54.6 Å². The van der Waals surface area contributed by atoms with Crippen molar-refractivity contribution in [1.82, 2.24) is 0 Å². The van der Waals surface area contributed by atoms with Crippen molar-refractivity contribution in [2.75, 3.05) is 6.54 Å². The Hall–Kier alpha value is -1.84. The summed E-state index contributed by atoms with van der Waals surface area (Å²) in [5.74, 6) is 1.55. The largest absolute Gasteiger partial charge is 0.457 e. The SMILES string of the molecule is NCC[C@H](O)c1ccc(Oc2ccccc2)cc1. The fraction of sp³-hybridized carbons (Fsp3) is 0.200. The van der Waals surface area contributed by atoms with E-state index in [1.807, 2.05) is 54.6 Å². The molecule has 2 aromatic rings. The van der Waals surface area contributed by atoms with Gasteiger partial charge in [-0.15, -0.1) is 0 Å². The van der Waals surface area contributed by atoms with E-state index in [0.29, 0.717) is 13.0 Å². The molecule has 0 spiro atoms. The molecule has 0 aromatic heterocycles. The van der Waals surface area contributed by atoms with Crippen molar-refractivity contribution in [1.29, 1.82) is 0 Å². The van der Waals surface area contributed by atoms with Crippen LogP contribution in [-0.2, 0) is 0 Å². The maximum atomic E-state index is 9.78. The van der Waals surface area contributed by atoms with Gasteiger partial charge in [0.2, 0.25) is 0 Å². The molecule has 2 rings (SSSR count). The minimum absolute atomic E-state index is 0.476. The molecule has 0 aliphatic heterocycles. The summed E-state index contributed by atoms with van der Waals surface area (Å²) in [6.07, 6.45) is 0.0691. The normalized spacial score (nSPS) is 12.1. The van der Waals surface area contributed by atoms with E-state index < -0.39 is 6.10 Å². The van der Waals surface area contributed by atoms with Crippen LogP contribution in [0.2, 0.25) is 0 Å². The average molecular weight is 243 g/mol. The van der Waals surface area contributed by atoms with Crippen LogP contribution in [-0.4, -0.2) is 11.7 Å². The van der Waals surface area contributed by atoms with Crippen LogP contribution >= 0.6 is 0 Å². The second-order valence-corrected chi connectivity index (χ2v) is 4.08. The van der Waals surface area contributed by atoms with Crippen LogP contribution in [0.25, 0.3) is 0 Å². The molecule has 18 heavy (non-hydrogen) atoms. The predicted octanol–water partition coefficient (Wildman–Crippen LogP) is 2.86. The highest BCUT2D eigenvalue weighted by Gasteiger charge is 2.06. The molecule has 3 N–H and O–H groups in total. The fourth-order valence-electron chi connectivity index (χ4n) is 1.71. The van der Waals surface area contributed by atoms with E-state index in [1.165, 1.54) is 0 Å². The number of hydrogen-bond acceptors (Lipinski definition) is 3. The average Bonchev–Trinajstić information content (AvgIpc) is 2.41. The highest BCUT2D eigenvalue weighted by molar-refractivity contribution is 5.33. The molecule has 0 unspecified atom stereocenters. The lowest BCUT2D eigenvalue weighted by Gasteiger charge is -2.10. The van der Waals surface area contributed by atoms with Crippen molar-refractivity contribution in [2.45, 2.75) is 12.5 Å². The summed E-state index contributed by atoms with van der Waals surface area (Å²) >= 11 is 0. The number of para-hydroxylation sites is 1. The zero-order valence-corrected chi connectivity index (χ0v) is 10.1. The quantitative estimate of drug-likeness (QED) is 0.849. The lowest BCUT2D eigenvalue weighted by Crippen LogP contribution is -2.06. The summed E-state index contributed by atoms with van der Waals surface area (Å²) in [6.45, 7) is 0.476. The van der Waals surface area contributed by atoms with Crippen LogP contribution in [0.4, 0.5) is 0 Å². The van der Waals surface area contributed by atoms with Crippen molar-refractivity contribution in [3.8, 4) is 11.5 Å². The number of nitrogens with two attached hydrogens (primary N) is 1. The first kappa shape index (κ1) is 12.6. The van der Waals surface area contributed by atoms with E-state index in [0.717, 1.165) is 17.1 Å². The molecule has 0 radical (unpaired) electrons. The van der Waals surface area contributed by atoms with Gasteiger partial charge in [-0.25, -0.2) is 0 Å². The highest BCUT2D eigenvalue weighted by atomic mass is 16.5. The molecule has 0 heterocycles. The van der Waals surface area contributed by atoms with Gasteiger partial charge in [0.15, 0.2) is 0 Å². The van der Waals surface area contributed by atoms with E-state index in [4.69, 9.17) is 10.5 Å². The Morgan fingerprint density at radius 1 is 0.944 bits per heavy atom. The van der Waals surface area contributed by atoms with E-state index in [1.54, 1.807) is 0 Å². The van der Waals surface area contributed by atoms with Gasteiger partial charge in [0.05, 0.1) is 6.10 Å². The molecule has 0 saturated heterocycles. The Morgan fingerprint density at radius 3 is 2.17 bits per heavy atom. The lowest BCUT2D eigenvalue weighted by atomic mass is 10.1. The molecular weight excluding hydrogens is 226 g/mol. The van der Waals surface area contributed by atoms with E-state index in [2.05, 4.69) is 0 Å². The van der Waals surface area contributed by atoms with Gasteiger partial charge < -0.3 is 15.6 Å². The monoisotopic (exact) mass is 243 g/mol. The van der Waals surface area contributed by atoms with Gasteiger partial charge >= 0.3 is 0 Å². The Balaban J connectivity index is 2.04. The molecule has 3 nitrogen and oxygen atoms in total. The van der Waals surface area contributed by atoms with Crippen LogP contribution in [0.3, 0.4) is 0 Å². The smallest absolute Gasteiger partial charge is 0.127 e. The standard InChI is InChI=1S/C15H17NO2/c16-11-10-15(17)12-6-8-14(9-7-12)18-13-4-2-1-3-5-13/h1-9,15,17H,10-11,16H2/t15-/m0/s1. The third-order valence-corrected chi connectivity index (χ3v) is 2.68. The van der Waals surface area contributed by atoms with Gasteiger partial charge in [-0.1, -0.05) is 30.3 Å². The molecule has 0 bridgehead atoms. The van der Waals surface area contributed by atoms with Crippen molar-refractivity contribution < 1.29 is 9.84 Å². The number of hydrogen-bond donors (Lipinski definition) is 2. The summed E-state index contributed by atoms with van der Waals surface area (Å²) in [7, 11) is 0. The fourth-order valence-corrected chi connectivity index (χ4v) is 1.71. The first-order valence-corrected chi connectivity index (χ1v) is 6.00. The van der Waals surface area contributed by atoms with Crippen LogP contribution < -0.4 is 10.5 Å². The summed E-state index contributed by atoms with van der Waals surface area (Å²) in [5.41, 5.74) is 6.28. The van der Waals surface area contributed by atoms with Gasteiger partial charge in [0.1, 0.15) is 11.5 Å². The van der Waals surface area contributed by atoms with Crippen molar-refractivity contribution in [2.24, 2.45) is 5.73 Å². The van der Waals surface area contributed by atoms with Crippen molar-refractivity contribution >= 4 is 0 Å². The number of benzene rings is 2. The molecular formula is C15H17NO2. The summed E-state index contributed by atoms with van der Waals surface area (Å²) in [5, 5.41) is 9.78. The topological polar surface area (TPSA) is 55.5 Å². The Labute approximate surface area is 107 Å². The maximum Gasteiger partial charge on any atom is 0.127 e. The third-order valence-electron chi connectivity index (χ3n) is 2.68.